The van der Waals surface area contributed by atoms with Crippen LogP contribution in [0.3, 0.4) is 0 Å². The van der Waals surface area contributed by atoms with Gasteiger partial charge in [-0.2, -0.15) is 0 Å². The minimum atomic E-state index is -3.29. The third-order valence-electron chi connectivity index (χ3n) is 3.17. The fraction of sp³-hybridized carbons (Fsp3) is 0.133. The highest BCUT2D eigenvalue weighted by molar-refractivity contribution is 7.91. The van der Waals surface area contributed by atoms with Crippen molar-refractivity contribution in [2.45, 2.75) is 11.8 Å². The van der Waals surface area contributed by atoms with Crippen LogP contribution in [0.5, 0.6) is 0 Å². The van der Waals surface area contributed by atoms with Gasteiger partial charge in [0.1, 0.15) is 11.3 Å². The molecular weight excluding hydrogens is 272 g/mol. The normalized spacial score (nSPS) is 11.9. The molecule has 1 heterocycles. The number of hydrogen-bond donors (Lipinski definition) is 1. The summed E-state index contributed by atoms with van der Waals surface area (Å²) in [5.74, 6) is 0.680. The molecule has 5 heteroatoms. The number of benzene rings is 2. The highest BCUT2D eigenvalue weighted by atomic mass is 32.2. The molecule has 0 saturated heterocycles. The highest BCUT2D eigenvalue weighted by Crippen LogP contribution is 2.25. The van der Waals surface area contributed by atoms with Crippen LogP contribution in [0.4, 0.5) is 0 Å². The number of aromatic amines is 1. The number of fused-ring (bicyclic) bond motifs is 1. The van der Waals surface area contributed by atoms with E-state index in [0.29, 0.717) is 11.3 Å². The molecular formula is C15H14N2O2S. The molecule has 0 unspecified atom stereocenters. The molecule has 20 heavy (non-hydrogen) atoms. The number of imidazole rings is 1. The van der Waals surface area contributed by atoms with Crippen molar-refractivity contribution in [1.29, 1.82) is 0 Å². The quantitative estimate of drug-likeness (QED) is 0.787. The maximum absolute atomic E-state index is 11.8. The zero-order chi connectivity index (χ0) is 14.3. The number of sulfone groups is 1. The van der Waals surface area contributed by atoms with Crippen LogP contribution in [0.1, 0.15) is 5.56 Å². The summed E-state index contributed by atoms with van der Waals surface area (Å²) >= 11 is 0. The third kappa shape index (κ3) is 2.20. The van der Waals surface area contributed by atoms with Gasteiger partial charge >= 0.3 is 0 Å². The van der Waals surface area contributed by atoms with Crippen molar-refractivity contribution >= 4 is 20.9 Å². The van der Waals surface area contributed by atoms with E-state index in [-0.39, 0.29) is 4.90 Å². The molecule has 0 radical (unpaired) electrons. The molecule has 4 nitrogen and oxygen atoms in total. The summed E-state index contributed by atoms with van der Waals surface area (Å²) in [6, 6.07) is 13.1. The van der Waals surface area contributed by atoms with Gasteiger partial charge in [-0.3, -0.25) is 0 Å². The average molecular weight is 286 g/mol. The van der Waals surface area contributed by atoms with Crippen LogP contribution in [0.2, 0.25) is 0 Å². The molecule has 102 valence electrons. The molecule has 3 aromatic rings. The average Bonchev–Trinajstić information content (AvgIpc) is 2.81. The summed E-state index contributed by atoms with van der Waals surface area (Å²) in [4.78, 5) is 7.89. The molecule has 0 atom stereocenters. The van der Waals surface area contributed by atoms with Crippen LogP contribution >= 0.6 is 0 Å². The molecule has 0 saturated carbocycles. The fourth-order valence-corrected chi connectivity index (χ4v) is 3.07. The van der Waals surface area contributed by atoms with Gasteiger partial charge in [-0.1, -0.05) is 29.8 Å². The third-order valence-corrected chi connectivity index (χ3v) is 4.30. The molecule has 1 aromatic heterocycles. The summed E-state index contributed by atoms with van der Waals surface area (Å²) < 4.78 is 23.6. The summed E-state index contributed by atoms with van der Waals surface area (Å²) in [7, 11) is -3.29. The van der Waals surface area contributed by atoms with E-state index in [9.17, 15) is 8.42 Å². The zero-order valence-electron chi connectivity index (χ0n) is 11.2. The van der Waals surface area contributed by atoms with Crippen LogP contribution in [0.25, 0.3) is 22.4 Å². The molecule has 0 amide bonds. The SMILES string of the molecule is Cc1cccc(-c2nc3c(S(C)(=O)=O)cccc3[nH]2)c1. The maximum Gasteiger partial charge on any atom is 0.177 e. The van der Waals surface area contributed by atoms with Gasteiger partial charge in [0.25, 0.3) is 0 Å². The molecule has 0 spiro atoms. The largest absolute Gasteiger partial charge is 0.338 e. The van der Waals surface area contributed by atoms with Gasteiger partial charge in [-0.05, 0) is 25.1 Å². The number of rotatable bonds is 2. The van der Waals surface area contributed by atoms with Gasteiger partial charge in [0.2, 0.25) is 0 Å². The van der Waals surface area contributed by atoms with Crippen molar-refractivity contribution in [2.24, 2.45) is 0 Å². The molecule has 0 fully saturated rings. The monoisotopic (exact) mass is 286 g/mol. The lowest BCUT2D eigenvalue weighted by atomic mass is 10.1. The number of nitrogens with zero attached hydrogens (tertiary/aromatic N) is 1. The van der Waals surface area contributed by atoms with E-state index in [1.807, 2.05) is 37.3 Å². The molecule has 2 aromatic carbocycles. The van der Waals surface area contributed by atoms with Crippen molar-refractivity contribution in [3.8, 4) is 11.4 Å². The number of aromatic nitrogens is 2. The first kappa shape index (κ1) is 12.9. The van der Waals surface area contributed by atoms with E-state index in [1.54, 1.807) is 12.1 Å². The summed E-state index contributed by atoms with van der Waals surface area (Å²) in [6.45, 7) is 2.01. The second-order valence-corrected chi connectivity index (χ2v) is 6.86. The first-order valence-corrected chi connectivity index (χ1v) is 8.10. The van der Waals surface area contributed by atoms with Crippen molar-refractivity contribution in [2.75, 3.05) is 6.26 Å². The lowest BCUT2D eigenvalue weighted by molar-refractivity contribution is 0.602. The Morgan fingerprint density at radius 1 is 1.10 bits per heavy atom. The minimum absolute atomic E-state index is 0.255. The number of aryl methyl sites for hydroxylation is 1. The topological polar surface area (TPSA) is 62.8 Å². The lowest BCUT2D eigenvalue weighted by Crippen LogP contribution is -1.97. The van der Waals surface area contributed by atoms with E-state index in [4.69, 9.17) is 0 Å². The van der Waals surface area contributed by atoms with Crippen molar-refractivity contribution < 1.29 is 8.42 Å². The number of para-hydroxylation sites is 1. The second-order valence-electron chi connectivity index (χ2n) is 4.88. The van der Waals surface area contributed by atoms with Crippen LogP contribution in [0, 0.1) is 6.92 Å². The Balaban J connectivity index is 2.26. The standard InChI is InChI=1S/C15H14N2O2S/c1-10-5-3-6-11(9-10)15-16-12-7-4-8-13(14(12)17-15)20(2,18)19/h3-9H,1-2H3,(H,16,17). The van der Waals surface area contributed by atoms with Crippen molar-refractivity contribution in [1.82, 2.24) is 9.97 Å². The lowest BCUT2D eigenvalue weighted by Gasteiger charge is -1.98. The van der Waals surface area contributed by atoms with E-state index < -0.39 is 9.84 Å². The molecule has 0 bridgehead atoms. The van der Waals surface area contributed by atoms with E-state index in [0.717, 1.165) is 16.6 Å². The summed E-state index contributed by atoms with van der Waals surface area (Å²) in [5.41, 5.74) is 3.29. The maximum atomic E-state index is 11.8. The fourth-order valence-electron chi connectivity index (χ4n) is 2.23. The summed E-state index contributed by atoms with van der Waals surface area (Å²) in [5, 5.41) is 0. The van der Waals surface area contributed by atoms with E-state index >= 15 is 0 Å². The van der Waals surface area contributed by atoms with Crippen molar-refractivity contribution in [3.63, 3.8) is 0 Å². The molecule has 0 aliphatic heterocycles. The minimum Gasteiger partial charge on any atom is -0.338 e. The predicted octanol–water partition coefficient (Wildman–Crippen LogP) is 2.94. The van der Waals surface area contributed by atoms with Crippen LogP contribution in [-0.4, -0.2) is 24.6 Å². The van der Waals surface area contributed by atoms with Gasteiger partial charge in [0.05, 0.1) is 10.4 Å². The number of nitrogens with one attached hydrogen (secondary N) is 1. The predicted molar refractivity (Wildman–Crippen MR) is 79.4 cm³/mol. The Morgan fingerprint density at radius 2 is 1.85 bits per heavy atom. The van der Waals surface area contributed by atoms with Crippen LogP contribution in [-0.2, 0) is 9.84 Å². The first-order chi connectivity index (χ1) is 9.45. The Bertz CT molecular complexity index is 895. The smallest absolute Gasteiger partial charge is 0.177 e. The molecule has 1 N–H and O–H groups in total. The van der Waals surface area contributed by atoms with Gasteiger partial charge in [-0.25, -0.2) is 13.4 Å². The Labute approximate surface area is 117 Å². The van der Waals surface area contributed by atoms with Crippen LogP contribution < -0.4 is 0 Å². The Hall–Kier alpha value is -2.14. The molecule has 0 aliphatic rings. The second kappa shape index (κ2) is 4.45. The van der Waals surface area contributed by atoms with Crippen molar-refractivity contribution in [3.05, 3.63) is 48.0 Å². The Morgan fingerprint density at radius 3 is 2.55 bits per heavy atom. The highest BCUT2D eigenvalue weighted by Gasteiger charge is 2.15. The van der Waals surface area contributed by atoms with E-state index in [1.165, 1.54) is 6.26 Å². The summed E-state index contributed by atoms with van der Waals surface area (Å²) in [6.07, 6.45) is 1.20. The van der Waals surface area contributed by atoms with E-state index in [2.05, 4.69) is 9.97 Å². The van der Waals surface area contributed by atoms with Gasteiger partial charge in [0.15, 0.2) is 9.84 Å². The van der Waals surface area contributed by atoms with Gasteiger partial charge in [0, 0.05) is 11.8 Å². The number of H-pyrrole nitrogens is 1. The molecule has 3 rings (SSSR count). The molecule has 0 aliphatic carbocycles. The number of hydrogen-bond acceptors (Lipinski definition) is 3. The van der Waals surface area contributed by atoms with Crippen LogP contribution in [0.15, 0.2) is 47.4 Å². The Kier molecular flexibility index (Phi) is 2.87. The van der Waals surface area contributed by atoms with Gasteiger partial charge in [-0.15, -0.1) is 0 Å². The zero-order valence-corrected chi connectivity index (χ0v) is 12.0. The van der Waals surface area contributed by atoms with Gasteiger partial charge < -0.3 is 4.98 Å². The first-order valence-electron chi connectivity index (χ1n) is 6.21.